The van der Waals surface area contributed by atoms with Gasteiger partial charge in [0.15, 0.2) is 0 Å². The number of hydrogen-bond acceptors (Lipinski definition) is 5. The summed E-state index contributed by atoms with van der Waals surface area (Å²) in [4.78, 5) is 29.7. The van der Waals surface area contributed by atoms with Crippen LogP contribution in [-0.4, -0.2) is 20.8 Å². The molecule has 2 aromatic heterocycles. The van der Waals surface area contributed by atoms with Crippen molar-refractivity contribution in [1.29, 1.82) is 0 Å². The number of aryl methyl sites for hydroxylation is 1. The molecule has 0 saturated heterocycles. The number of nitro groups is 1. The van der Waals surface area contributed by atoms with E-state index in [0.717, 1.165) is 11.8 Å². The highest BCUT2D eigenvalue weighted by molar-refractivity contribution is 9.10. The van der Waals surface area contributed by atoms with Crippen LogP contribution in [0.4, 0.5) is 11.5 Å². The smallest absolute Gasteiger partial charge is 0.287 e. The van der Waals surface area contributed by atoms with E-state index in [4.69, 9.17) is 0 Å². The van der Waals surface area contributed by atoms with Gasteiger partial charge in [-0.05, 0) is 40.5 Å². The van der Waals surface area contributed by atoms with Gasteiger partial charge < -0.3 is 5.32 Å². The Balaban J connectivity index is 2.17. The zero-order valence-corrected chi connectivity index (χ0v) is 11.9. The van der Waals surface area contributed by atoms with Gasteiger partial charge in [0, 0.05) is 12.3 Å². The standard InChI is InChI=1S/C12H9BrN4O3/c1-7-4-9(13)11(15-5-7)16-12(18)10-3-2-8(6-14-10)17(19)20/h2-6H,1H3,(H,15,16,18). The number of carbonyl (C=O) groups is 1. The number of pyridine rings is 2. The summed E-state index contributed by atoms with van der Waals surface area (Å²) in [6, 6.07) is 4.32. The molecule has 1 N–H and O–H groups in total. The van der Waals surface area contributed by atoms with Crippen LogP contribution in [0.1, 0.15) is 16.1 Å². The molecule has 0 saturated carbocycles. The molecule has 2 heterocycles. The number of hydrogen-bond donors (Lipinski definition) is 1. The highest BCUT2D eigenvalue weighted by Gasteiger charge is 2.13. The molecule has 0 bridgehead atoms. The second-order valence-electron chi connectivity index (χ2n) is 3.96. The van der Waals surface area contributed by atoms with Crippen LogP contribution in [0.2, 0.25) is 0 Å². The summed E-state index contributed by atoms with van der Waals surface area (Å²) in [6.07, 6.45) is 2.65. The van der Waals surface area contributed by atoms with E-state index in [-0.39, 0.29) is 11.4 Å². The van der Waals surface area contributed by atoms with Gasteiger partial charge in [-0.25, -0.2) is 9.97 Å². The summed E-state index contributed by atoms with van der Waals surface area (Å²) >= 11 is 3.29. The lowest BCUT2D eigenvalue weighted by Crippen LogP contribution is -2.15. The topological polar surface area (TPSA) is 98.0 Å². The lowest BCUT2D eigenvalue weighted by atomic mass is 10.3. The van der Waals surface area contributed by atoms with E-state index in [1.807, 2.05) is 13.0 Å². The number of halogens is 1. The van der Waals surface area contributed by atoms with Gasteiger partial charge in [-0.15, -0.1) is 0 Å². The molecule has 0 aliphatic heterocycles. The summed E-state index contributed by atoms with van der Waals surface area (Å²) in [6.45, 7) is 1.88. The fraction of sp³-hybridized carbons (Fsp3) is 0.0833. The number of carbonyl (C=O) groups excluding carboxylic acids is 1. The molecule has 7 nitrogen and oxygen atoms in total. The van der Waals surface area contributed by atoms with E-state index in [0.29, 0.717) is 10.3 Å². The minimum absolute atomic E-state index is 0.0740. The lowest BCUT2D eigenvalue weighted by molar-refractivity contribution is -0.385. The third-order valence-electron chi connectivity index (χ3n) is 2.40. The number of rotatable bonds is 3. The molecule has 102 valence electrons. The van der Waals surface area contributed by atoms with Crippen molar-refractivity contribution in [3.63, 3.8) is 0 Å². The minimum Gasteiger partial charge on any atom is -0.304 e. The molecule has 0 aliphatic rings. The summed E-state index contributed by atoms with van der Waals surface area (Å²) in [5, 5.41) is 13.1. The summed E-state index contributed by atoms with van der Waals surface area (Å²) in [5.74, 6) is -0.127. The summed E-state index contributed by atoms with van der Waals surface area (Å²) in [7, 11) is 0. The van der Waals surface area contributed by atoms with Crippen molar-refractivity contribution >= 4 is 33.3 Å². The predicted octanol–water partition coefficient (Wildman–Crippen LogP) is 2.71. The molecule has 0 aromatic carbocycles. The van der Waals surface area contributed by atoms with Crippen LogP contribution in [0.25, 0.3) is 0 Å². The van der Waals surface area contributed by atoms with Crippen molar-refractivity contribution < 1.29 is 9.72 Å². The van der Waals surface area contributed by atoms with Crippen LogP contribution in [0.5, 0.6) is 0 Å². The molecule has 1 amide bonds. The zero-order chi connectivity index (χ0) is 14.7. The molecular weight excluding hydrogens is 328 g/mol. The van der Waals surface area contributed by atoms with Crippen LogP contribution in [-0.2, 0) is 0 Å². The molecule has 0 aliphatic carbocycles. The van der Waals surface area contributed by atoms with Gasteiger partial charge >= 0.3 is 0 Å². The van der Waals surface area contributed by atoms with Crippen LogP contribution in [0.15, 0.2) is 35.1 Å². The van der Waals surface area contributed by atoms with Gasteiger partial charge in [0.1, 0.15) is 17.7 Å². The highest BCUT2D eigenvalue weighted by atomic mass is 79.9. The Morgan fingerprint density at radius 2 is 2.10 bits per heavy atom. The molecule has 0 spiro atoms. The molecule has 0 unspecified atom stereocenters. The van der Waals surface area contributed by atoms with E-state index >= 15 is 0 Å². The van der Waals surface area contributed by atoms with Gasteiger partial charge in [0.2, 0.25) is 0 Å². The van der Waals surface area contributed by atoms with Crippen LogP contribution < -0.4 is 5.32 Å². The number of nitrogens with one attached hydrogen (secondary N) is 1. The average molecular weight is 337 g/mol. The monoisotopic (exact) mass is 336 g/mol. The van der Waals surface area contributed by atoms with E-state index in [1.165, 1.54) is 12.1 Å². The number of amides is 1. The molecule has 2 rings (SSSR count). The van der Waals surface area contributed by atoms with E-state index < -0.39 is 10.8 Å². The van der Waals surface area contributed by atoms with Gasteiger partial charge in [-0.3, -0.25) is 14.9 Å². The van der Waals surface area contributed by atoms with Gasteiger partial charge in [-0.2, -0.15) is 0 Å². The molecule has 2 aromatic rings. The van der Waals surface area contributed by atoms with Crippen molar-refractivity contribution in [2.45, 2.75) is 6.92 Å². The van der Waals surface area contributed by atoms with Crippen molar-refractivity contribution in [1.82, 2.24) is 9.97 Å². The quantitative estimate of drug-likeness (QED) is 0.686. The third-order valence-corrected chi connectivity index (χ3v) is 3.01. The number of anilines is 1. The van der Waals surface area contributed by atoms with Crippen LogP contribution in [0.3, 0.4) is 0 Å². The highest BCUT2D eigenvalue weighted by Crippen LogP contribution is 2.21. The van der Waals surface area contributed by atoms with Gasteiger partial charge in [0.05, 0.1) is 9.40 Å². The Hall–Kier alpha value is -2.35. The van der Waals surface area contributed by atoms with E-state index in [9.17, 15) is 14.9 Å². The lowest BCUT2D eigenvalue weighted by Gasteiger charge is -2.06. The molecule has 0 atom stereocenters. The minimum atomic E-state index is -0.577. The van der Waals surface area contributed by atoms with Crippen molar-refractivity contribution in [2.75, 3.05) is 5.32 Å². The number of aromatic nitrogens is 2. The molecule has 0 radical (unpaired) electrons. The number of nitrogens with zero attached hydrogens (tertiary/aromatic N) is 3. The Bertz CT molecular complexity index is 673. The van der Waals surface area contributed by atoms with E-state index in [1.54, 1.807) is 6.20 Å². The van der Waals surface area contributed by atoms with Crippen molar-refractivity contribution in [3.8, 4) is 0 Å². The van der Waals surface area contributed by atoms with Gasteiger partial charge in [0.25, 0.3) is 11.6 Å². The van der Waals surface area contributed by atoms with Crippen LogP contribution in [0, 0.1) is 17.0 Å². The first-order valence-electron chi connectivity index (χ1n) is 5.51. The molecule has 8 heteroatoms. The Morgan fingerprint density at radius 3 is 2.65 bits per heavy atom. The molecule has 0 fully saturated rings. The third kappa shape index (κ3) is 3.15. The zero-order valence-electron chi connectivity index (χ0n) is 10.3. The van der Waals surface area contributed by atoms with Crippen molar-refractivity contribution in [3.05, 3.63) is 56.4 Å². The second-order valence-corrected chi connectivity index (χ2v) is 4.81. The second kappa shape index (κ2) is 5.74. The normalized spacial score (nSPS) is 10.1. The fourth-order valence-electron chi connectivity index (χ4n) is 1.43. The van der Waals surface area contributed by atoms with Crippen molar-refractivity contribution in [2.24, 2.45) is 0 Å². The predicted molar refractivity (Wildman–Crippen MR) is 75.5 cm³/mol. The van der Waals surface area contributed by atoms with Gasteiger partial charge in [-0.1, -0.05) is 0 Å². The first-order chi connectivity index (χ1) is 9.47. The first kappa shape index (κ1) is 14.1. The summed E-state index contributed by atoms with van der Waals surface area (Å²) < 4.78 is 0.646. The maximum Gasteiger partial charge on any atom is 0.287 e. The SMILES string of the molecule is Cc1cnc(NC(=O)c2ccc([N+](=O)[O-])cn2)c(Br)c1. The summed E-state index contributed by atoms with van der Waals surface area (Å²) in [5.41, 5.74) is 0.851. The fourth-order valence-corrected chi connectivity index (χ4v) is 1.99. The average Bonchev–Trinajstić information content (AvgIpc) is 2.42. The Morgan fingerprint density at radius 1 is 1.35 bits per heavy atom. The first-order valence-corrected chi connectivity index (χ1v) is 6.30. The largest absolute Gasteiger partial charge is 0.304 e. The maximum atomic E-state index is 11.9. The molecular formula is C12H9BrN4O3. The maximum absolute atomic E-state index is 11.9. The molecule has 20 heavy (non-hydrogen) atoms. The van der Waals surface area contributed by atoms with Crippen LogP contribution >= 0.6 is 15.9 Å². The Kier molecular flexibility index (Phi) is 4.04. The van der Waals surface area contributed by atoms with E-state index in [2.05, 4.69) is 31.2 Å². The Labute approximate surface area is 122 Å².